The molecule has 33 heavy (non-hydrogen) atoms. The number of rotatable bonds is 7. The second kappa shape index (κ2) is 9.87. The van der Waals surface area contributed by atoms with E-state index in [0.29, 0.717) is 22.5 Å². The monoisotopic (exact) mass is 459 g/mol. The van der Waals surface area contributed by atoms with Crippen LogP contribution in [0.4, 0.5) is 8.78 Å². The first-order valence-electron chi connectivity index (χ1n) is 11.2. The van der Waals surface area contributed by atoms with Gasteiger partial charge in [0.15, 0.2) is 0 Å². The summed E-state index contributed by atoms with van der Waals surface area (Å²) >= 11 is 0. The zero-order chi connectivity index (χ0) is 24.3. The maximum atomic E-state index is 13.1. The molecule has 2 heterocycles. The zero-order valence-electron chi connectivity index (χ0n) is 19.7. The van der Waals surface area contributed by atoms with E-state index in [1.54, 1.807) is 19.2 Å². The van der Waals surface area contributed by atoms with Gasteiger partial charge in [0.05, 0.1) is 24.1 Å². The van der Waals surface area contributed by atoms with Crippen molar-refractivity contribution in [3.8, 4) is 17.0 Å². The SMILES string of the molecule is CC.Cc1cc(-c2cnc3cc(C(C)(C)CO)ccn23)cc(OC(F)F)c1C(=O)NC1CC1. The number of aliphatic hydroxyl groups is 1. The molecule has 0 saturated heterocycles. The average Bonchev–Trinajstić information content (AvgIpc) is 3.48. The molecule has 0 radical (unpaired) electrons. The van der Waals surface area contributed by atoms with Crippen molar-refractivity contribution < 1.29 is 23.4 Å². The number of fused-ring (bicyclic) bond motifs is 1. The summed E-state index contributed by atoms with van der Waals surface area (Å²) < 4.78 is 32.8. The topological polar surface area (TPSA) is 75.9 Å². The fraction of sp³-hybridized carbons (Fsp3) is 0.440. The number of hydrogen-bond donors (Lipinski definition) is 2. The van der Waals surface area contributed by atoms with E-state index in [2.05, 4.69) is 10.3 Å². The van der Waals surface area contributed by atoms with Crippen molar-refractivity contribution in [1.82, 2.24) is 14.7 Å². The number of nitrogens with zero attached hydrogens (tertiary/aromatic N) is 2. The van der Waals surface area contributed by atoms with Crippen LogP contribution in [0.1, 0.15) is 62.0 Å². The number of hydrogen-bond acceptors (Lipinski definition) is 4. The van der Waals surface area contributed by atoms with E-state index < -0.39 is 17.9 Å². The Balaban J connectivity index is 0.00000149. The Labute approximate surface area is 192 Å². The van der Waals surface area contributed by atoms with Gasteiger partial charge in [-0.2, -0.15) is 8.78 Å². The Bertz CT molecular complexity index is 1140. The van der Waals surface area contributed by atoms with Crippen molar-refractivity contribution in [3.63, 3.8) is 0 Å². The van der Waals surface area contributed by atoms with Crippen molar-refractivity contribution in [2.24, 2.45) is 0 Å². The molecule has 1 amide bonds. The summed E-state index contributed by atoms with van der Waals surface area (Å²) in [5, 5.41) is 12.5. The number of alkyl halides is 2. The first kappa shape index (κ1) is 24.6. The zero-order valence-corrected chi connectivity index (χ0v) is 19.7. The fourth-order valence-corrected chi connectivity index (χ4v) is 3.57. The first-order valence-corrected chi connectivity index (χ1v) is 11.2. The smallest absolute Gasteiger partial charge is 0.387 e. The third-order valence-electron chi connectivity index (χ3n) is 5.64. The molecule has 2 aromatic heterocycles. The van der Waals surface area contributed by atoms with Gasteiger partial charge < -0.3 is 15.2 Å². The number of halogens is 2. The van der Waals surface area contributed by atoms with Gasteiger partial charge in [-0.3, -0.25) is 9.20 Å². The van der Waals surface area contributed by atoms with Gasteiger partial charge in [0.1, 0.15) is 11.4 Å². The molecule has 2 N–H and O–H groups in total. The van der Waals surface area contributed by atoms with Gasteiger partial charge in [-0.15, -0.1) is 0 Å². The molecule has 8 heteroatoms. The first-order chi connectivity index (χ1) is 15.7. The molecule has 1 aliphatic carbocycles. The van der Waals surface area contributed by atoms with Crippen molar-refractivity contribution in [3.05, 3.63) is 53.3 Å². The number of aliphatic hydroxyl groups excluding tert-OH is 1. The highest BCUT2D eigenvalue weighted by molar-refractivity contribution is 5.99. The van der Waals surface area contributed by atoms with Crippen LogP contribution in [0.15, 0.2) is 36.7 Å². The largest absolute Gasteiger partial charge is 0.434 e. The van der Waals surface area contributed by atoms with Gasteiger partial charge >= 0.3 is 6.61 Å². The molecule has 1 aromatic carbocycles. The molecule has 1 aliphatic rings. The van der Waals surface area contributed by atoms with Gasteiger partial charge in [-0.25, -0.2) is 4.98 Å². The molecule has 0 bridgehead atoms. The maximum absolute atomic E-state index is 13.1. The molecule has 4 rings (SSSR count). The van der Waals surface area contributed by atoms with Crippen LogP contribution in [0.3, 0.4) is 0 Å². The third kappa shape index (κ3) is 5.33. The van der Waals surface area contributed by atoms with E-state index >= 15 is 0 Å². The lowest BCUT2D eigenvalue weighted by atomic mass is 9.86. The Morgan fingerprint density at radius 1 is 1.30 bits per heavy atom. The summed E-state index contributed by atoms with van der Waals surface area (Å²) in [6.45, 7) is 6.52. The summed E-state index contributed by atoms with van der Waals surface area (Å²) in [5.74, 6) is -0.563. The minimum atomic E-state index is -3.05. The number of benzene rings is 1. The van der Waals surface area contributed by atoms with Crippen LogP contribution < -0.4 is 10.1 Å². The number of carbonyl (C=O) groups excluding carboxylic acids is 1. The maximum Gasteiger partial charge on any atom is 0.387 e. The number of nitrogens with one attached hydrogen (secondary N) is 1. The van der Waals surface area contributed by atoms with Crippen LogP contribution in [-0.4, -0.2) is 39.7 Å². The quantitative estimate of drug-likeness (QED) is 0.516. The highest BCUT2D eigenvalue weighted by Crippen LogP contribution is 2.33. The number of pyridine rings is 1. The van der Waals surface area contributed by atoms with Crippen molar-refractivity contribution in [2.75, 3.05) is 6.61 Å². The van der Waals surface area contributed by atoms with Crippen LogP contribution >= 0.6 is 0 Å². The molecule has 0 unspecified atom stereocenters. The lowest BCUT2D eigenvalue weighted by Crippen LogP contribution is -2.27. The molecule has 0 aliphatic heterocycles. The van der Waals surface area contributed by atoms with Crippen LogP contribution in [0, 0.1) is 6.92 Å². The van der Waals surface area contributed by atoms with E-state index in [-0.39, 0.29) is 24.0 Å². The molecule has 1 saturated carbocycles. The molecule has 1 fully saturated rings. The van der Waals surface area contributed by atoms with Crippen molar-refractivity contribution in [1.29, 1.82) is 0 Å². The van der Waals surface area contributed by atoms with Gasteiger partial charge in [0, 0.05) is 23.2 Å². The number of ether oxygens (including phenoxy) is 1. The van der Waals surface area contributed by atoms with E-state index in [4.69, 9.17) is 4.74 Å². The second-order valence-corrected chi connectivity index (χ2v) is 8.62. The Kier molecular flexibility index (Phi) is 7.37. The summed E-state index contributed by atoms with van der Waals surface area (Å²) in [7, 11) is 0. The van der Waals surface area contributed by atoms with Crippen LogP contribution in [0.2, 0.25) is 0 Å². The Morgan fingerprint density at radius 2 is 2.00 bits per heavy atom. The number of aromatic nitrogens is 2. The lowest BCUT2D eigenvalue weighted by molar-refractivity contribution is -0.0501. The normalized spacial score (nSPS) is 13.6. The molecular weight excluding hydrogens is 428 g/mol. The summed E-state index contributed by atoms with van der Waals surface area (Å²) in [6.07, 6.45) is 5.27. The summed E-state index contributed by atoms with van der Waals surface area (Å²) in [4.78, 5) is 17.1. The van der Waals surface area contributed by atoms with E-state index in [1.807, 2.05) is 50.4 Å². The summed E-state index contributed by atoms with van der Waals surface area (Å²) in [6, 6.07) is 7.11. The molecule has 0 atom stereocenters. The standard InChI is InChI=1S/C23H25F2N3O3.C2H6/c1-13-8-14(9-18(31-22(24)25)20(13)21(30)27-16-4-5-16)17-11-26-19-10-15(6-7-28(17)19)23(2,3)12-29;1-2/h6-11,16,22,29H,4-5,12H2,1-3H3,(H,27,30);1-2H3. The van der Waals surface area contributed by atoms with Crippen LogP contribution in [0.25, 0.3) is 16.9 Å². The predicted molar refractivity (Wildman–Crippen MR) is 124 cm³/mol. The molecule has 6 nitrogen and oxygen atoms in total. The van der Waals surface area contributed by atoms with E-state index in [9.17, 15) is 18.7 Å². The number of imidazole rings is 1. The Hall–Kier alpha value is -3.00. The molecule has 178 valence electrons. The highest BCUT2D eigenvalue weighted by atomic mass is 19.3. The molecule has 0 spiro atoms. The van der Waals surface area contributed by atoms with E-state index in [0.717, 1.165) is 18.4 Å². The number of amides is 1. The lowest BCUT2D eigenvalue weighted by Gasteiger charge is -2.22. The fourth-order valence-electron chi connectivity index (χ4n) is 3.57. The van der Waals surface area contributed by atoms with Gasteiger partial charge in [-0.1, -0.05) is 27.7 Å². The second-order valence-electron chi connectivity index (χ2n) is 8.62. The highest BCUT2D eigenvalue weighted by Gasteiger charge is 2.28. The average molecular weight is 460 g/mol. The van der Waals surface area contributed by atoms with E-state index in [1.165, 1.54) is 6.07 Å². The predicted octanol–water partition coefficient (Wildman–Crippen LogP) is 5.10. The molecule has 3 aromatic rings. The van der Waals surface area contributed by atoms with Crippen LogP contribution in [0.5, 0.6) is 5.75 Å². The Morgan fingerprint density at radius 3 is 2.61 bits per heavy atom. The van der Waals surface area contributed by atoms with Gasteiger partial charge in [-0.05, 0) is 55.2 Å². The van der Waals surface area contributed by atoms with Gasteiger partial charge in [0.2, 0.25) is 0 Å². The van der Waals surface area contributed by atoms with Gasteiger partial charge in [0.25, 0.3) is 5.91 Å². The number of aryl methyl sites for hydroxylation is 1. The van der Waals surface area contributed by atoms with Crippen molar-refractivity contribution in [2.45, 2.75) is 65.5 Å². The molecular formula is C25H31F2N3O3. The van der Waals surface area contributed by atoms with Crippen LogP contribution in [-0.2, 0) is 5.41 Å². The minimum Gasteiger partial charge on any atom is -0.434 e. The minimum absolute atomic E-state index is 0.00531. The summed E-state index contributed by atoms with van der Waals surface area (Å²) in [5.41, 5.74) is 3.14. The van der Waals surface area contributed by atoms with Crippen molar-refractivity contribution >= 4 is 11.6 Å². The third-order valence-corrected chi connectivity index (χ3v) is 5.64. The number of carbonyl (C=O) groups is 1.